The second-order valence-corrected chi connectivity index (χ2v) is 16.6. The molecule has 0 aliphatic rings. The van der Waals surface area contributed by atoms with Gasteiger partial charge < -0.3 is 23.8 Å². The number of quaternary nitrogens is 1. The molecule has 66 heavy (non-hydrogen) atoms. The van der Waals surface area contributed by atoms with Crippen molar-refractivity contribution in [2.75, 3.05) is 41.0 Å². The van der Waals surface area contributed by atoms with E-state index in [-0.39, 0.29) is 49.5 Å². The van der Waals surface area contributed by atoms with Crippen LogP contribution in [-0.4, -0.2) is 80.6 Å². The van der Waals surface area contributed by atoms with Crippen molar-refractivity contribution in [1.29, 1.82) is 0 Å². The predicted molar refractivity (Wildman–Crippen MR) is 279 cm³/mol. The second kappa shape index (κ2) is 46.5. The first-order valence-corrected chi connectivity index (χ1v) is 24.5. The van der Waals surface area contributed by atoms with E-state index in [1.165, 1.54) is 0 Å². The number of hydrogen-bond acceptors (Lipinski definition) is 6. The minimum absolute atomic E-state index is 0.00150. The number of carboxylic acids is 1. The zero-order valence-electron chi connectivity index (χ0n) is 41.6. The number of ether oxygens (including phenoxy) is 3. The number of nitrogens with zero attached hydrogens (tertiary/aromatic N) is 1. The standard InChI is InChI=1S/C58H87NO7/c1-6-8-10-12-14-16-18-20-22-24-26-27-28-29-31-33-35-37-39-41-43-45-47-49-57(61)66-54(52-64-51-50-55(58(62)63)59(3,4)5)53-65-56(60)48-46-44-42-40-38-36-34-32-30-25-23-21-19-17-15-13-11-9-7-2/h8-11,14-17,20-23,26-27,29-32,35-38,41-44,54-55H,6-7,12-13,18-19,24-25,28,33-34,39-40,45-53H2,1-5H3/p+1/b10-8+,11-9+,16-14+,17-15+,22-20+,23-21+,27-26+,31-29+,32-30+,37-35+,38-36+,43-41+,44-42+. The van der Waals surface area contributed by atoms with E-state index in [0.717, 1.165) is 89.9 Å². The van der Waals surface area contributed by atoms with Crippen LogP contribution >= 0.6 is 0 Å². The molecule has 0 spiro atoms. The van der Waals surface area contributed by atoms with Crippen LogP contribution in [0.5, 0.6) is 0 Å². The Bertz CT molecular complexity index is 1620. The number of carboxylic acid groups (broad SMARTS) is 1. The van der Waals surface area contributed by atoms with Crippen LogP contribution < -0.4 is 0 Å². The maximum absolute atomic E-state index is 12.8. The summed E-state index contributed by atoms with van der Waals surface area (Å²) < 4.78 is 17.2. The van der Waals surface area contributed by atoms with Crippen LogP contribution in [0.4, 0.5) is 0 Å². The van der Waals surface area contributed by atoms with Crippen molar-refractivity contribution >= 4 is 17.9 Å². The van der Waals surface area contributed by atoms with Crippen LogP contribution in [-0.2, 0) is 28.6 Å². The Morgan fingerprint density at radius 1 is 0.455 bits per heavy atom. The monoisotopic (exact) mass is 911 g/mol. The van der Waals surface area contributed by atoms with Gasteiger partial charge in [0.05, 0.1) is 34.4 Å². The van der Waals surface area contributed by atoms with Gasteiger partial charge in [-0.05, 0) is 103 Å². The minimum atomic E-state index is -0.902. The first-order chi connectivity index (χ1) is 32.1. The summed E-state index contributed by atoms with van der Waals surface area (Å²) in [5.74, 6) is -1.68. The molecule has 0 radical (unpaired) electrons. The van der Waals surface area contributed by atoms with Crippen molar-refractivity contribution in [3.05, 3.63) is 158 Å². The highest BCUT2D eigenvalue weighted by atomic mass is 16.6. The Morgan fingerprint density at radius 2 is 0.803 bits per heavy atom. The van der Waals surface area contributed by atoms with E-state index < -0.39 is 24.1 Å². The summed E-state index contributed by atoms with van der Waals surface area (Å²) >= 11 is 0. The molecule has 366 valence electrons. The zero-order chi connectivity index (χ0) is 48.4. The van der Waals surface area contributed by atoms with E-state index in [1.807, 2.05) is 33.3 Å². The Balaban J connectivity index is 4.55. The average Bonchev–Trinajstić information content (AvgIpc) is 3.28. The topological polar surface area (TPSA) is 99.1 Å². The van der Waals surface area contributed by atoms with Crippen LogP contribution in [0.3, 0.4) is 0 Å². The molecular formula is C58H88NO7+. The van der Waals surface area contributed by atoms with Crippen molar-refractivity contribution in [3.63, 3.8) is 0 Å². The molecule has 2 unspecified atom stereocenters. The van der Waals surface area contributed by atoms with Gasteiger partial charge in [0.15, 0.2) is 12.1 Å². The maximum Gasteiger partial charge on any atom is 0.362 e. The van der Waals surface area contributed by atoms with E-state index in [2.05, 4.69) is 160 Å². The Hall–Kier alpha value is -5.05. The number of allylic oxidation sites excluding steroid dienone is 26. The number of carbonyl (C=O) groups is 3. The normalized spacial score (nSPS) is 14.3. The number of aliphatic carboxylic acids is 1. The molecule has 0 saturated carbocycles. The summed E-state index contributed by atoms with van der Waals surface area (Å²) in [6, 6.07) is -0.648. The Kier molecular flexibility index (Phi) is 42.9. The van der Waals surface area contributed by atoms with Gasteiger partial charge in [-0.1, -0.05) is 172 Å². The van der Waals surface area contributed by atoms with Gasteiger partial charge in [0.25, 0.3) is 0 Å². The lowest BCUT2D eigenvalue weighted by molar-refractivity contribution is -0.887. The summed E-state index contributed by atoms with van der Waals surface area (Å²) in [5, 5.41) is 9.65. The Labute approximate surface area is 401 Å². The molecule has 0 bridgehead atoms. The van der Waals surface area contributed by atoms with E-state index in [9.17, 15) is 19.5 Å². The van der Waals surface area contributed by atoms with Crippen molar-refractivity contribution in [2.45, 2.75) is 148 Å². The molecule has 0 aliphatic heterocycles. The largest absolute Gasteiger partial charge is 0.477 e. The molecule has 0 fully saturated rings. The number of carbonyl (C=O) groups excluding carboxylic acids is 2. The summed E-state index contributed by atoms with van der Waals surface area (Å²) in [6.07, 6.45) is 70.3. The van der Waals surface area contributed by atoms with Crippen molar-refractivity contribution in [2.24, 2.45) is 0 Å². The third-order valence-electron chi connectivity index (χ3n) is 9.69. The van der Waals surface area contributed by atoms with Crippen LogP contribution in [0.25, 0.3) is 0 Å². The molecule has 0 heterocycles. The Morgan fingerprint density at radius 3 is 1.15 bits per heavy atom. The SMILES string of the molecule is CC/C=C/C/C=C/C/C=C/C/C=C/C/C=C/C/C=C/C/C=C/CCCC(=O)OC(COCCC(C(=O)O)[N+](C)(C)C)COC(=O)CC/C=C/C/C=C/C/C=C/C/C=C/C/C=C/C/C=C/CC. The van der Waals surface area contributed by atoms with Gasteiger partial charge in [-0.3, -0.25) is 9.59 Å². The van der Waals surface area contributed by atoms with Crippen LogP contribution in [0.15, 0.2) is 158 Å². The minimum Gasteiger partial charge on any atom is -0.477 e. The number of unbranched alkanes of at least 4 members (excludes halogenated alkanes) is 1. The highest BCUT2D eigenvalue weighted by molar-refractivity contribution is 5.72. The lowest BCUT2D eigenvalue weighted by Crippen LogP contribution is -2.50. The van der Waals surface area contributed by atoms with Gasteiger partial charge in [0.1, 0.15) is 6.61 Å². The number of likely N-dealkylation sites (N-methyl/N-ethyl adjacent to an activating group) is 1. The molecule has 0 aromatic carbocycles. The van der Waals surface area contributed by atoms with Gasteiger partial charge in [-0.15, -0.1) is 0 Å². The maximum atomic E-state index is 12.8. The summed E-state index contributed by atoms with van der Waals surface area (Å²) in [6.45, 7) is 4.33. The van der Waals surface area contributed by atoms with Crippen molar-refractivity contribution in [1.82, 2.24) is 0 Å². The van der Waals surface area contributed by atoms with E-state index >= 15 is 0 Å². The lowest BCUT2D eigenvalue weighted by Gasteiger charge is -2.31. The van der Waals surface area contributed by atoms with Gasteiger partial charge >= 0.3 is 17.9 Å². The van der Waals surface area contributed by atoms with E-state index in [1.54, 1.807) is 0 Å². The summed E-state index contributed by atoms with van der Waals surface area (Å²) in [5.41, 5.74) is 0. The zero-order valence-corrected chi connectivity index (χ0v) is 41.6. The molecule has 8 heteroatoms. The molecule has 0 aliphatic carbocycles. The fourth-order valence-corrected chi connectivity index (χ4v) is 5.99. The smallest absolute Gasteiger partial charge is 0.362 e. The van der Waals surface area contributed by atoms with Crippen LogP contribution in [0.2, 0.25) is 0 Å². The number of esters is 2. The molecule has 0 aromatic heterocycles. The first kappa shape index (κ1) is 60.9. The van der Waals surface area contributed by atoms with Crippen LogP contribution in [0.1, 0.15) is 136 Å². The van der Waals surface area contributed by atoms with E-state index in [0.29, 0.717) is 12.8 Å². The van der Waals surface area contributed by atoms with E-state index in [4.69, 9.17) is 14.2 Å². The average molecular weight is 911 g/mol. The van der Waals surface area contributed by atoms with Crippen molar-refractivity contribution < 1.29 is 38.2 Å². The fraction of sp³-hybridized carbons (Fsp3) is 0.500. The fourth-order valence-electron chi connectivity index (χ4n) is 5.99. The van der Waals surface area contributed by atoms with Crippen LogP contribution in [0, 0.1) is 0 Å². The third kappa shape index (κ3) is 44.2. The first-order valence-electron chi connectivity index (χ1n) is 24.5. The third-order valence-corrected chi connectivity index (χ3v) is 9.69. The van der Waals surface area contributed by atoms with Gasteiger partial charge in [0, 0.05) is 19.3 Å². The molecule has 0 amide bonds. The molecule has 0 rings (SSSR count). The highest BCUT2D eigenvalue weighted by Crippen LogP contribution is 2.10. The van der Waals surface area contributed by atoms with Crippen molar-refractivity contribution in [3.8, 4) is 0 Å². The molecule has 2 atom stereocenters. The molecule has 8 nitrogen and oxygen atoms in total. The molecule has 1 N–H and O–H groups in total. The number of rotatable bonds is 41. The van der Waals surface area contributed by atoms with Gasteiger partial charge in [-0.2, -0.15) is 0 Å². The molecule has 0 saturated heterocycles. The van der Waals surface area contributed by atoms with Gasteiger partial charge in [-0.25, -0.2) is 4.79 Å². The second-order valence-electron chi connectivity index (χ2n) is 16.6. The quantitative estimate of drug-likeness (QED) is 0.0282. The predicted octanol–water partition coefficient (Wildman–Crippen LogP) is 14.3. The lowest BCUT2D eigenvalue weighted by atomic mass is 10.1. The molecular weight excluding hydrogens is 823 g/mol. The molecule has 0 aromatic rings. The summed E-state index contributed by atoms with van der Waals surface area (Å²) in [7, 11) is 5.47. The summed E-state index contributed by atoms with van der Waals surface area (Å²) in [4.78, 5) is 37.1. The van der Waals surface area contributed by atoms with Gasteiger partial charge in [0.2, 0.25) is 0 Å². The number of hydrogen-bond donors (Lipinski definition) is 1. The highest BCUT2D eigenvalue weighted by Gasteiger charge is 2.31.